The van der Waals surface area contributed by atoms with Crippen LogP contribution in [-0.2, 0) is 16.0 Å². The Labute approximate surface area is 88.9 Å². The minimum Gasteiger partial charge on any atom is -0.466 e. The highest BCUT2D eigenvalue weighted by atomic mass is 35.5. The molecule has 0 aliphatic carbocycles. The Kier molecular flexibility index (Phi) is 3.77. The molecule has 0 fully saturated rings. The lowest BCUT2D eigenvalue weighted by atomic mass is 10.1. The highest BCUT2D eigenvalue weighted by molar-refractivity contribution is 5.85. The summed E-state index contributed by atoms with van der Waals surface area (Å²) in [6, 6.07) is 8.38. The Bertz CT molecular complexity index is 292. The summed E-state index contributed by atoms with van der Waals surface area (Å²) < 4.78 is 4.71. The third-order valence-corrected chi connectivity index (χ3v) is 2.21. The second kappa shape index (κ2) is 4.86. The highest BCUT2D eigenvalue weighted by Crippen LogP contribution is 2.24. The molecule has 1 aromatic rings. The standard InChI is InChI=1S/C10H11NO2.ClH/c12-7-13-6-9-5-8-3-1-2-4-10(8)11-9;/h1-4,7,9,11H,5-6H2;1H. The van der Waals surface area contributed by atoms with Crippen LogP contribution in [0, 0.1) is 0 Å². The minimum atomic E-state index is 0. The van der Waals surface area contributed by atoms with E-state index in [-0.39, 0.29) is 18.4 Å². The molecule has 0 spiro atoms. The number of ether oxygens (including phenoxy) is 1. The molecule has 0 aromatic heterocycles. The number of nitrogens with one attached hydrogen (secondary N) is 1. The molecular formula is C10H12ClNO2. The van der Waals surface area contributed by atoms with Gasteiger partial charge in [-0.2, -0.15) is 0 Å². The van der Waals surface area contributed by atoms with Crippen LogP contribution in [0.25, 0.3) is 0 Å². The van der Waals surface area contributed by atoms with Gasteiger partial charge >= 0.3 is 0 Å². The molecule has 1 aliphatic rings. The maximum Gasteiger partial charge on any atom is 0.293 e. The van der Waals surface area contributed by atoms with Crippen LogP contribution in [0.3, 0.4) is 0 Å². The molecule has 4 heteroatoms. The first-order valence-corrected chi connectivity index (χ1v) is 4.30. The Hall–Kier alpha value is -1.22. The van der Waals surface area contributed by atoms with Crippen LogP contribution in [0.4, 0.5) is 5.69 Å². The molecule has 0 radical (unpaired) electrons. The first-order valence-electron chi connectivity index (χ1n) is 4.30. The van der Waals surface area contributed by atoms with E-state index in [2.05, 4.69) is 11.4 Å². The largest absolute Gasteiger partial charge is 0.466 e. The molecule has 1 unspecified atom stereocenters. The summed E-state index contributed by atoms with van der Waals surface area (Å²) in [5, 5.41) is 3.29. The van der Waals surface area contributed by atoms with E-state index in [1.165, 1.54) is 5.56 Å². The number of rotatable bonds is 3. The number of para-hydroxylation sites is 1. The number of hydrogen-bond acceptors (Lipinski definition) is 3. The first kappa shape index (κ1) is 10.9. The third-order valence-electron chi connectivity index (χ3n) is 2.21. The average Bonchev–Trinajstić information content (AvgIpc) is 2.57. The van der Waals surface area contributed by atoms with E-state index in [9.17, 15) is 4.79 Å². The fraction of sp³-hybridized carbons (Fsp3) is 0.300. The van der Waals surface area contributed by atoms with Crippen LogP contribution in [0.15, 0.2) is 24.3 Å². The number of fused-ring (bicyclic) bond motifs is 1. The van der Waals surface area contributed by atoms with E-state index < -0.39 is 0 Å². The number of anilines is 1. The fourth-order valence-electron chi connectivity index (χ4n) is 1.63. The summed E-state index contributed by atoms with van der Waals surface area (Å²) in [6.45, 7) is 0.933. The van der Waals surface area contributed by atoms with E-state index in [1.807, 2.05) is 18.2 Å². The van der Waals surface area contributed by atoms with Crippen LogP contribution >= 0.6 is 12.4 Å². The van der Waals surface area contributed by atoms with Gasteiger partial charge in [-0.3, -0.25) is 4.79 Å². The smallest absolute Gasteiger partial charge is 0.293 e. The third kappa shape index (κ3) is 2.17. The summed E-state index contributed by atoms with van der Waals surface area (Å²) in [6.07, 6.45) is 0.935. The quantitative estimate of drug-likeness (QED) is 0.776. The summed E-state index contributed by atoms with van der Waals surface area (Å²) in [7, 11) is 0. The van der Waals surface area contributed by atoms with Crippen LogP contribution in [0.1, 0.15) is 5.56 Å². The van der Waals surface area contributed by atoms with E-state index in [0.717, 1.165) is 12.1 Å². The lowest BCUT2D eigenvalue weighted by Crippen LogP contribution is -2.21. The molecule has 1 aromatic carbocycles. The van der Waals surface area contributed by atoms with Crippen molar-refractivity contribution in [2.45, 2.75) is 12.5 Å². The van der Waals surface area contributed by atoms with Gasteiger partial charge in [-0.1, -0.05) is 18.2 Å². The predicted molar refractivity (Wildman–Crippen MR) is 56.8 cm³/mol. The summed E-state index contributed by atoms with van der Waals surface area (Å²) in [5.41, 5.74) is 2.45. The van der Waals surface area contributed by atoms with E-state index in [4.69, 9.17) is 4.74 Å². The van der Waals surface area contributed by atoms with Crippen molar-refractivity contribution in [2.24, 2.45) is 0 Å². The molecule has 1 atom stereocenters. The molecule has 1 N–H and O–H groups in total. The number of halogens is 1. The van der Waals surface area contributed by atoms with E-state index in [1.54, 1.807) is 0 Å². The maximum absolute atomic E-state index is 9.98. The maximum atomic E-state index is 9.98. The summed E-state index contributed by atoms with van der Waals surface area (Å²) >= 11 is 0. The molecule has 1 aliphatic heterocycles. The van der Waals surface area contributed by atoms with Gasteiger partial charge in [-0.15, -0.1) is 12.4 Å². The molecule has 0 amide bonds. The van der Waals surface area contributed by atoms with Gasteiger partial charge in [0.25, 0.3) is 6.47 Å². The number of carbonyl (C=O) groups is 1. The average molecular weight is 214 g/mol. The molecular weight excluding hydrogens is 202 g/mol. The van der Waals surface area contributed by atoms with Crippen LogP contribution in [0.5, 0.6) is 0 Å². The van der Waals surface area contributed by atoms with Crippen molar-refractivity contribution in [3.05, 3.63) is 29.8 Å². The van der Waals surface area contributed by atoms with Gasteiger partial charge in [0.1, 0.15) is 6.61 Å². The van der Waals surface area contributed by atoms with Crippen molar-refractivity contribution in [1.29, 1.82) is 0 Å². The van der Waals surface area contributed by atoms with Crippen molar-refractivity contribution < 1.29 is 9.53 Å². The second-order valence-corrected chi connectivity index (χ2v) is 3.13. The van der Waals surface area contributed by atoms with Crippen LogP contribution < -0.4 is 5.32 Å². The Morgan fingerprint density at radius 2 is 2.29 bits per heavy atom. The lowest BCUT2D eigenvalue weighted by molar-refractivity contribution is -0.128. The van der Waals surface area contributed by atoms with Crippen molar-refractivity contribution in [3.63, 3.8) is 0 Å². The Morgan fingerprint density at radius 3 is 3.00 bits per heavy atom. The summed E-state index contributed by atoms with van der Waals surface area (Å²) in [5.74, 6) is 0. The predicted octanol–water partition coefficient (Wildman–Crippen LogP) is 1.62. The Balaban J connectivity index is 0.000000980. The van der Waals surface area contributed by atoms with Gasteiger partial charge in [0, 0.05) is 5.69 Å². The molecule has 3 nitrogen and oxygen atoms in total. The van der Waals surface area contributed by atoms with Crippen LogP contribution in [-0.4, -0.2) is 19.1 Å². The minimum absolute atomic E-state index is 0. The van der Waals surface area contributed by atoms with Gasteiger partial charge in [0.05, 0.1) is 6.04 Å². The zero-order valence-corrected chi connectivity index (χ0v) is 8.42. The molecule has 2 rings (SSSR count). The number of hydrogen-bond donors (Lipinski definition) is 1. The van der Waals surface area contributed by atoms with Crippen molar-refractivity contribution in [3.8, 4) is 0 Å². The van der Waals surface area contributed by atoms with Gasteiger partial charge in [-0.05, 0) is 18.1 Å². The SMILES string of the molecule is Cl.O=COCC1Cc2ccccc2N1. The molecule has 0 bridgehead atoms. The Morgan fingerprint density at radius 1 is 1.50 bits per heavy atom. The van der Waals surface area contributed by atoms with Gasteiger partial charge in [0.15, 0.2) is 0 Å². The molecule has 0 saturated carbocycles. The highest BCUT2D eigenvalue weighted by Gasteiger charge is 2.19. The van der Waals surface area contributed by atoms with Gasteiger partial charge in [0.2, 0.25) is 0 Å². The molecule has 14 heavy (non-hydrogen) atoms. The zero-order chi connectivity index (χ0) is 9.10. The monoisotopic (exact) mass is 213 g/mol. The first-order chi connectivity index (χ1) is 6.40. The van der Waals surface area contributed by atoms with Gasteiger partial charge in [-0.25, -0.2) is 0 Å². The number of carbonyl (C=O) groups excluding carboxylic acids is 1. The fourth-order valence-corrected chi connectivity index (χ4v) is 1.63. The van der Waals surface area contributed by atoms with E-state index in [0.29, 0.717) is 13.1 Å². The topological polar surface area (TPSA) is 38.3 Å². The van der Waals surface area contributed by atoms with E-state index >= 15 is 0 Å². The lowest BCUT2D eigenvalue weighted by Gasteiger charge is -2.08. The van der Waals surface area contributed by atoms with Gasteiger partial charge < -0.3 is 10.1 Å². The van der Waals surface area contributed by atoms with Crippen molar-refractivity contribution in [2.75, 3.05) is 11.9 Å². The normalized spacial score (nSPS) is 17.6. The van der Waals surface area contributed by atoms with Crippen LogP contribution in [0.2, 0.25) is 0 Å². The molecule has 76 valence electrons. The molecule has 0 saturated heterocycles. The second-order valence-electron chi connectivity index (χ2n) is 3.13. The number of benzene rings is 1. The van der Waals surface area contributed by atoms with Crippen molar-refractivity contribution in [1.82, 2.24) is 0 Å². The molecule has 1 heterocycles. The zero-order valence-electron chi connectivity index (χ0n) is 7.60. The van der Waals surface area contributed by atoms with Crippen molar-refractivity contribution >= 4 is 24.6 Å². The summed E-state index contributed by atoms with van der Waals surface area (Å²) in [4.78, 5) is 9.98.